The Morgan fingerprint density at radius 1 is 1.33 bits per heavy atom. The molecule has 1 fully saturated rings. The van der Waals surface area contributed by atoms with E-state index in [2.05, 4.69) is 36.8 Å². The number of hydrogen-bond donors (Lipinski definition) is 1. The summed E-state index contributed by atoms with van der Waals surface area (Å²) in [6, 6.07) is 9.91. The van der Waals surface area contributed by atoms with Gasteiger partial charge in [-0.3, -0.25) is 0 Å². The SMILES string of the molecule is C=C/C(=C\c1ccccc1C)c1cnn2c(N)cc(C3CCN(S(C)(=O)=O)C3)nc12. The summed E-state index contributed by atoms with van der Waals surface area (Å²) in [6.45, 7) is 6.94. The lowest BCUT2D eigenvalue weighted by Gasteiger charge is -2.14. The van der Waals surface area contributed by atoms with Crippen LogP contribution in [0.4, 0.5) is 5.82 Å². The number of aryl methyl sites for hydroxylation is 1. The predicted octanol–water partition coefficient (Wildman–Crippen LogP) is 3.10. The number of hydrogen-bond acceptors (Lipinski definition) is 5. The lowest BCUT2D eigenvalue weighted by Crippen LogP contribution is -2.27. The summed E-state index contributed by atoms with van der Waals surface area (Å²) in [5.74, 6) is 0.473. The molecule has 0 spiro atoms. The molecule has 156 valence electrons. The molecule has 4 rings (SSSR count). The first kappa shape index (κ1) is 20.3. The van der Waals surface area contributed by atoms with Crippen LogP contribution in [0.25, 0.3) is 17.3 Å². The van der Waals surface area contributed by atoms with Gasteiger partial charge in [0.1, 0.15) is 5.82 Å². The van der Waals surface area contributed by atoms with E-state index in [1.807, 2.05) is 12.1 Å². The Morgan fingerprint density at radius 3 is 2.77 bits per heavy atom. The number of fused-ring (bicyclic) bond motifs is 1. The molecular weight excluding hydrogens is 398 g/mol. The van der Waals surface area contributed by atoms with Crippen LogP contribution in [0.2, 0.25) is 0 Å². The number of rotatable bonds is 5. The first-order valence-corrected chi connectivity index (χ1v) is 11.6. The van der Waals surface area contributed by atoms with E-state index >= 15 is 0 Å². The lowest BCUT2D eigenvalue weighted by molar-refractivity contribution is 0.477. The molecule has 1 aliphatic rings. The van der Waals surface area contributed by atoms with Gasteiger partial charge < -0.3 is 5.73 Å². The number of nitrogen functional groups attached to an aromatic ring is 1. The Morgan fingerprint density at radius 2 is 2.10 bits per heavy atom. The molecule has 1 unspecified atom stereocenters. The van der Waals surface area contributed by atoms with Crippen LogP contribution in [0.3, 0.4) is 0 Å². The maximum absolute atomic E-state index is 11.9. The van der Waals surface area contributed by atoms with Crippen molar-refractivity contribution >= 4 is 33.1 Å². The fraction of sp³-hybridized carbons (Fsp3) is 0.273. The molecular formula is C22H25N5O2S. The fourth-order valence-electron chi connectivity index (χ4n) is 3.85. The number of nitrogens with zero attached hydrogens (tertiary/aromatic N) is 4. The number of benzene rings is 1. The van der Waals surface area contributed by atoms with E-state index in [1.165, 1.54) is 10.6 Å². The third-order valence-electron chi connectivity index (χ3n) is 5.59. The van der Waals surface area contributed by atoms with E-state index in [4.69, 9.17) is 10.7 Å². The highest BCUT2D eigenvalue weighted by molar-refractivity contribution is 7.88. The second-order valence-corrected chi connectivity index (χ2v) is 9.65. The monoisotopic (exact) mass is 423 g/mol. The molecule has 0 amide bonds. The number of allylic oxidation sites excluding steroid dienone is 2. The van der Waals surface area contributed by atoms with Gasteiger partial charge in [-0.2, -0.15) is 9.61 Å². The van der Waals surface area contributed by atoms with Crippen molar-refractivity contribution in [3.63, 3.8) is 0 Å². The smallest absolute Gasteiger partial charge is 0.211 e. The van der Waals surface area contributed by atoms with E-state index in [0.717, 1.165) is 28.0 Å². The van der Waals surface area contributed by atoms with Gasteiger partial charge in [0.15, 0.2) is 5.65 Å². The van der Waals surface area contributed by atoms with E-state index in [9.17, 15) is 8.42 Å². The van der Waals surface area contributed by atoms with Crippen LogP contribution in [0.1, 0.15) is 34.7 Å². The van der Waals surface area contributed by atoms with Crippen LogP contribution in [0.5, 0.6) is 0 Å². The molecule has 0 bridgehead atoms. The molecule has 1 atom stereocenters. The van der Waals surface area contributed by atoms with Gasteiger partial charge in [0.2, 0.25) is 10.0 Å². The Labute approximate surface area is 176 Å². The average molecular weight is 424 g/mol. The summed E-state index contributed by atoms with van der Waals surface area (Å²) in [7, 11) is -3.22. The highest BCUT2D eigenvalue weighted by Gasteiger charge is 2.31. The molecule has 1 aromatic carbocycles. The largest absolute Gasteiger partial charge is 0.384 e. The third-order valence-corrected chi connectivity index (χ3v) is 6.86. The molecule has 0 radical (unpaired) electrons. The number of aromatic nitrogens is 3. The highest BCUT2D eigenvalue weighted by atomic mass is 32.2. The molecule has 8 heteroatoms. The standard InChI is InChI=1S/C22H25N5O2S/c1-4-16(11-17-8-6-5-7-15(17)2)19-13-24-27-21(23)12-20(25-22(19)27)18-9-10-26(14-18)30(3,28)29/h4-8,11-13,18H,1,9-10,14,23H2,2-3H3/b16-11+. The van der Waals surface area contributed by atoms with Crippen molar-refractivity contribution in [3.8, 4) is 0 Å². The van der Waals surface area contributed by atoms with Gasteiger partial charge in [0.25, 0.3) is 0 Å². The molecule has 3 aromatic rings. The summed E-state index contributed by atoms with van der Waals surface area (Å²) in [5, 5.41) is 4.41. The Bertz CT molecular complexity index is 1260. The summed E-state index contributed by atoms with van der Waals surface area (Å²) >= 11 is 0. The van der Waals surface area contributed by atoms with Crippen molar-refractivity contribution in [2.75, 3.05) is 25.1 Å². The van der Waals surface area contributed by atoms with Crippen LogP contribution in [-0.2, 0) is 10.0 Å². The molecule has 7 nitrogen and oxygen atoms in total. The topological polar surface area (TPSA) is 93.6 Å². The molecule has 1 aliphatic heterocycles. The zero-order valence-electron chi connectivity index (χ0n) is 17.1. The zero-order valence-corrected chi connectivity index (χ0v) is 17.9. The molecule has 1 saturated heterocycles. The van der Waals surface area contributed by atoms with Crippen LogP contribution >= 0.6 is 0 Å². The van der Waals surface area contributed by atoms with Gasteiger partial charge in [0.05, 0.1) is 18.1 Å². The van der Waals surface area contributed by atoms with E-state index < -0.39 is 10.0 Å². The summed E-state index contributed by atoms with van der Waals surface area (Å²) in [5.41, 5.74) is 11.7. The second-order valence-electron chi connectivity index (χ2n) is 7.67. The summed E-state index contributed by atoms with van der Waals surface area (Å²) in [4.78, 5) is 4.84. The van der Waals surface area contributed by atoms with Crippen molar-refractivity contribution in [2.24, 2.45) is 0 Å². The minimum absolute atomic E-state index is 0.00213. The van der Waals surface area contributed by atoms with Crippen molar-refractivity contribution in [3.05, 3.63) is 71.6 Å². The van der Waals surface area contributed by atoms with Crippen molar-refractivity contribution in [1.29, 1.82) is 0 Å². The molecule has 3 heterocycles. The van der Waals surface area contributed by atoms with Gasteiger partial charge in [-0.05, 0) is 36.1 Å². The van der Waals surface area contributed by atoms with Crippen molar-refractivity contribution in [1.82, 2.24) is 18.9 Å². The Hall–Kier alpha value is -2.97. The van der Waals surface area contributed by atoms with E-state index in [0.29, 0.717) is 31.0 Å². The van der Waals surface area contributed by atoms with Gasteiger partial charge in [-0.1, -0.05) is 36.9 Å². The average Bonchev–Trinajstić information content (AvgIpc) is 3.35. The van der Waals surface area contributed by atoms with Crippen molar-refractivity contribution < 1.29 is 8.42 Å². The third kappa shape index (κ3) is 3.76. The van der Waals surface area contributed by atoms with Crippen molar-refractivity contribution in [2.45, 2.75) is 19.3 Å². The molecule has 2 N–H and O–H groups in total. The number of sulfonamides is 1. The second kappa shape index (κ2) is 7.70. The number of nitrogens with two attached hydrogens (primary N) is 1. The summed E-state index contributed by atoms with van der Waals surface area (Å²) in [6.07, 6.45) is 7.54. The van der Waals surface area contributed by atoms with Crippen LogP contribution in [0, 0.1) is 6.92 Å². The molecule has 0 aliphatic carbocycles. The van der Waals surface area contributed by atoms with E-state index in [-0.39, 0.29) is 5.92 Å². The molecule has 2 aromatic heterocycles. The van der Waals surface area contributed by atoms with Crippen LogP contribution in [-0.4, -0.2) is 46.7 Å². The minimum Gasteiger partial charge on any atom is -0.384 e. The lowest BCUT2D eigenvalue weighted by atomic mass is 10.0. The van der Waals surface area contributed by atoms with Gasteiger partial charge in [0, 0.05) is 30.6 Å². The van der Waals surface area contributed by atoms with Gasteiger partial charge in [-0.25, -0.2) is 17.7 Å². The van der Waals surface area contributed by atoms with Gasteiger partial charge in [-0.15, -0.1) is 0 Å². The van der Waals surface area contributed by atoms with Crippen LogP contribution < -0.4 is 5.73 Å². The maximum Gasteiger partial charge on any atom is 0.211 e. The Kier molecular flexibility index (Phi) is 5.21. The quantitative estimate of drug-likeness (QED) is 0.637. The summed E-state index contributed by atoms with van der Waals surface area (Å²) < 4.78 is 26.9. The Balaban J connectivity index is 1.77. The first-order valence-electron chi connectivity index (χ1n) is 9.77. The van der Waals surface area contributed by atoms with Crippen LogP contribution in [0.15, 0.2) is 49.2 Å². The molecule has 0 saturated carbocycles. The highest BCUT2D eigenvalue weighted by Crippen LogP contribution is 2.31. The zero-order chi connectivity index (χ0) is 21.5. The minimum atomic E-state index is -3.22. The predicted molar refractivity (Wildman–Crippen MR) is 120 cm³/mol. The van der Waals surface area contributed by atoms with Gasteiger partial charge >= 0.3 is 0 Å². The number of anilines is 1. The fourth-order valence-corrected chi connectivity index (χ4v) is 4.74. The normalized spacial score (nSPS) is 18.2. The molecule has 30 heavy (non-hydrogen) atoms. The maximum atomic E-state index is 11.9. The van der Waals surface area contributed by atoms with E-state index in [1.54, 1.807) is 22.9 Å². The first-order chi connectivity index (χ1) is 14.3.